The molecule has 0 unspecified atom stereocenters. The van der Waals surface area contributed by atoms with Crippen molar-refractivity contribution < 1.29 is 27.6 Å². The number of nitrogens with zero attached hydrogens (tertiary/aromatic N) is 2. The number of hydrogen-bond acceptors (Lipinski definition) is 4. The molecule has 0 radical (unpaired) electrons. The Kier molecular flexibility index (Phi) is 4.47. The Hall–Kier alpha value is -1.60. The zero-order chi connectivity index (χ0) is 12.9. The average Bonchev–Trinajstić information content (AvgIpc) is 2.61. The minimum Gasteiger partial charge on any atom is -0.481 e. The van der Waals surface area contributed by atoms with Gasteiger partial charge in [0, 0.05) is 19.3 Å². The van der Waals surface area contributed by atoms with Gasteiger partial charge in [-0.3, -0.25) is 4.79 Å². The fourth-order valence-corrected chi connectivity index (χ4v) is 1.14. The van der Waals surface area contributed by atoms with Gasteiger partial charge in [-0.2, -0.15) is 18.2 Å². The molecule has 0 spiro atoms. The first-order valence-electron chi connectivity index (χ1n) is 4.97. The van der Waals surface area contributed by atoms with Gasteiger partial charge < -0.3 is 9.63 Å². The van der Waals surface area contributed by atoms with Crippen LogP contribution < -0.4 is 0 Å². The summed E-state index contributed by atoms with van der Waals surface area (Å²) in [5, 5.41) is 11.8. The van der Waals surface area contributed by atoms with E-state index in [1.54, 1.807) is 0 Å². The first-order chi connectivity index (χ1) is 7.87. The predicted molar refractivity (Wildman–Crippen MR) is 49.2 cm³/mol. The molecular weight excluding hydrogens is 241 g/mol. The maximum Gasteiger partial charge on any atom is 0.389 e. The van der Waals surface area contributed by atoms with E-state index in [-0.39, 0.29) is 31.0 Å². The highest BCUT2D eigenvalue weighted by Gasteiger charge is 2.27. The van der Waals surface area contributed by atoms with Gasteiger partial charge in [0.15, 0.2) is 5.82 Å². The summed E-state index contributed by atoms with van der Waals surface area (Å²) in [4.78, 5) is 14.0. The van der Waals surface area contributed by atoms with Gasteiger partial charge in [-0.15, -0.1) is 0 Å². The number of carboxylic acid groups (broad SMARTS) is 1. The van der Waals surface area contributed by atoms with Gasteiger partial charge in [-0.25, -0.2) is 0 Å². The molecule has 96 valence electrons. The molecule has 0 atom stereocenters. The minimum absolute atomic E-state index is 0.00681. The molecule has 0 aliphatic heterocycles. The fourth-order valence-electron chi connectivity index (χ4n) is 1.14. The van der Waals surface area contributed by atoms with Crippen molar-refractivity contribution in [1.29, 1.82) is 0 Å². The summed E-state index contributed by atoms with van der Waals surface area (Å²) in [6.07, 6.45) is -5.04. The molecule has 0 saturated carbocycles. The van der Waals surface area contributed by atoms with Crippen molar-refractivity contribution in [2.45, 2.75) is 38.3 Å². The standard InChI is InChI=1S/C9H11F3N2O3/c10-9(11,12)5-4-6-13-7(17-14-6)2-1-3-8(15)16/h1-5H2,(H,15,16). The normalized spacial score (nSPS) is 11.7. The highest BCUT2D eigenvalue weighted by molar-refractivity contribution is 5.66. The second-order valence-electron chi connectivity index (χ2n) is 3.47. The Morgan fingerprint density at radius 2 is 2.06 bits per heavy atom. The Morgan fingerprint density at radius 3 is 2.65 bits per heavy atom. The zero-order valence-corrected chi connectivity index (χ0v) is 8.83. The molecule has 0 aliphatic rings. The summed E-state index contributed by atoms with van der Waals surface area (Å²) in [7, 11) is 0. The van der Waals surface area contributed by atoms with Gasteiger partial charge in [-0.1, -0.05) is 5.16 Å². The van der Waals surface area contributed by atoms with Gasteiger partial charge in [0.05, 0.1) is 6.42 Å². The van der Waals surface area contributed by atoms with Crippen molar-refractivity contribution in [3.05, 3.63) is 11.7 Å². The maximum atomic E-state index is 11.9. The van der Waals surface area contributed by atoms with Crippen LogP contribution in [0.4, 0.5) is 13.2 Å². The molecule has 1 aromatic rings. The third-order valence-corrected chi connectivity index (χ3v) is 1.92. The molecule has 0 bridgehead atoms. The summed E-state index contributed by atoms with van der Waals surface area (Å²) >= 11 is 0. The molecule has 0 fully saturated rings. The number of carboxylic acids is 1. The predicted octanol–water partition coefficient (Wildman–Crippen LogP) is 1.97. The largest absolute Gasteiger partial charge is 0.481 e. The summed E-state index contributed by atoms with van der Waals surface area (Å²) in [5.74, 6) is -0.780. The van der Waals surface area contributed by atoms with E-state index in [0.29, 0.717) is 6.42 Å². The number of rotatable bonds is 6. The number of aryl methyl sites for hydroxylation is 2. The summed E-state index contributed by atoms with van der Waals surface area (Å²) in [6, 6.07) is 0. The van der Waals surface area contributed by atoms with Crippen LogP contribution in [0, 0.1) is 0 Å². The Bertz CT molecular complexity index is 376. The lowest BCUT2D eigenvalue weighted by Crippen LogP contribution is -2.09. The topological polar surface area (TPSA) is 76.2 Å². The summed E-state index contributed by atoms with van der Waals surface area (Å²) in [5.41, 5.74) is 0. The van der Waals surface area contributed by atoms with Crippen LogP contribution in [0.15, 0.2) is 4.52 Å². The zero-order valence-electron chi connectivity index (χ0n) is 8.83. The third kappa shape index (κ3) is 5.88. The van der Waals surface area contributed by atoms with Crippen LogP contribution in [-0.2, 0) is 17.6 Å². The molecular formula is C9H11F3N2O3. The van der Waals surface area contributed by atoms with E-state index >= 15 is 0 Å². The van der Waals surface area contributed by atoms with Crippen molar-refractivity contribution in [2.24, 2.45) is 0 Å². The van der Waals surface area contributed by atoms with E-state index < -0.39 is 18.6 Å². The van der Waals surface area contributed by atoms with Crippen LogP contribution >= 0.6 is 0 Å². The van der Waals surface area contributed by atoms with Crippen molar-refractivity contribution in [3.63, 3.8) is 0 Å². The van der Waals surface area contributed by atoms with Gasteiger partial charge in [-0.05, 0) is 6.42 Å². The molecule has 1 aromatic heterocycles. The van der Waals surface area contributed by atoms with Crippen molar-refractivity contribution >= 4 is 5.97 Å². The van der Waals surface area contributed by atoms with E-state index in [9.17, 15) is 18.0 Å². The number of aromatic nitrogens is 2. The number of carbonyl (C=O) groups is 1. The van der Waals surface area contributed by atoms with Crippen LogP contribution in [0.1, 0.15) is 31.0 Å². The van der Waals surface area contributed by atoms with E-state index in [2.05, 4.69) is 10.1 Å². The third-order valence-electron chi connectivity index (χ3n) is 1.92. The van der Waals surface area contributed by atoms with E-state index in [1.807, 2.05) is 0 Å². The Morgan fingerprint density at radius 1 is 1.35 bits per heavy atom. The van der Waals surface area contributed by atoms with E-state index in [1.165, 1.54) is 0 Å². The molecule has 17 heavy (non-hydrogen) atoms. The second kappa shape index (κ2) is 5.65. The van der Waals surface area contributed by atoms with Gasteiger partial charge in [0.1, 0.15) is 0 Å². The molecule has 1 heterocycles. The highest BCUT2D eigenvalue weighted by atomic mass is 19.4. The monoisotopic (exact) mass is 252 g/mol. The smallest absolute Gasteiger partial charge is 0.389 e. The average molecular weight is 252 g/mol. The quantitative estimate of drug-likeness (QED) is 0.837. The molecule has 0 aliphatic carbocycles. The lowest BCUT2D eigenvalue weighted by molar-refractivity contribution is -0.137. The number of aliphatic carboxylic acids is 1. The Balaban J connectivity index is 2.35. The van der Waals surface area contributed by atoms with Crippen molar-refractivity contribution in [2.75, 3.05) is 0 Å². The number of hydrogen-bond donors (Lipinski definition) is 1. The van der Waals surface area contributed by atoms with E-state index in [0.717, 1.165) is 0 Å². The SMILES string of the molecule is O=C(O)CCCc1nc(CCC(F)(F)F)no1. The molecule has 8 heteroatoms. The first kappa shape index (κ1) is 13.5. The van der Waals surface area contributed by atoms with Crippen LogP contribution in [0.5, 0.6) is 0 Å². The maximum absolute atomic E-state index is 11.9. The number of alkyl halides is 3. The van der Waals surface area contributed by atoms with Gasteiger partial charge in [0.2, 0.25) is 5.89 Å². The van der Waals surface area contributed by atoms with Crippen molar-refractivity contribution in [1.82, 2.24) is 10.1 Å². The lowest BCUT2D eigenvalue weighted by Gasteiger charge is -2.01. The second-order valence-corrected chi connectivity index (χ2v) is 3.47. The Labute approximate surface area is 94.6 Å². The van der Waals surface area contributed by atoms with Crippen molar-refractivity contribution in [3.8, 4) is 0 Å². The van der Waals surface area contributed by atoms with Gasteiger partial charge >= 0.3 is 12.1 Å². The van der Waals surface area contributed by atoms with Crippen LogP contribution in [-0.4, -0.2) is 27.4 Å². The lowest BCUT2D eigenvalue weighted by atomic mass is 10.2. The number of halogens is 3. The van der Waals surface area contributed by atoms with Gasteiger partial charge in [0.25, 0.3) is 0 Å². The summed E-state index contributed by atoms with van der Waals surface area (Å²) in [6.45, 7) is 0. The van der Waals surface area contributed by atoms with E-state index in [4.69, 9.17) is 9.63 Å². The first-order valence-corrected chi connectivity index (χ1v) is 4.97. The molecule has 0 saturated heterocycles. The molecule has 0 aromatic carbocycles. The summed E-state index contributed by atoms with van der Waals surface area (Å²) < 4.78 is 40.4. The van der Waals surface area contributed by atoms with Crippen LogP contribution in [0.25, 0.3) is 0 Å². The van der Waals surface area contributed by atoms with Crippen LogP contribution in [0.3, 0.4) is 0 Å². The molecule has 0 amide bonds. The van der Waals surface area contributed by atoms with Crippen LogP contribution in [0.2, 0.25) is 0 Å². The molecule has 1 N–H and O–H groups in total. The minimum atomic E-state index is -4.25. The highest BCUT2D eigenvalue weighted by Crippen LogP contribution is 2.21. The fraction of sp³-hybridized carbons (Fsp3) is 0.667. The molecule has 5 nitrogen and oxygen atoms in total. The molecule has 1 rings (SSSR count).